The molecule has 1 rings (SSSR count). The summed E-state index contributed by atoms with van der Waals surface area (Å²) in [6.07, 6.45) is 6.73. The molecule has 0 unspecified atom stereocenters. The molecule has 0 fully saturated rings. The summed E-state index contributed by atoms with van der Waals surface area (Å²) in [4.78, 5) is 17.1. The maximum Gasteiger partial charge on any atom is 0.257 e. The van der Waals surface area contributed by atoms with E-state index in [0.29, 0.717) is 16.7 Å². The highest BCUT2D eigenvalue weighted by molar-refractivity contribution is 9.10. The molecule has 0 N–H and O–H groups in total. The predicted octanol–water partition coefficient (Wildman–Crippen LogP) is 1.55. The fraction of sp³-hybridized carbons (Fsp3) is 0.200. The van der Waals surface area contributed by atoms with Crippen LogP contribution in [0.15, 0.2) is 22.9 Å². The summed E-state index contributed by atoms with van der Waals surface area (Å²) in [5.41, 5.74) is 0.519. The number of hydrogen-bond donors (Lipinski definition) is 0. The highest BCUT2D eigenvalue weighted by Gasteiger charge is 2.13. The first-order valence-corrected chi connectivity index (χ1v) is 4.75. The van der Waals surface area contributed by atoms with E-state index in [2.05, 4.69) is 26.8 Å². The van der Waals surface area contributed by atoms with E-state index in [1.165, 1.54) is 4.90 Å². The molecule has 0 aliphatic rings. The molecule has 0 radical (unpaired) electrons. The molecule has 1 heterocycles. The molecule has 0 saturated carbocycles. The standard InChI is InChI=1S/C10H9BrN2O/c1-3-7-13(2)10(14)8-5-4-6-12-9(8)11/h1,4-6H,7H2,2H3. The molecule has 0 aliphatic carbocycles. The number of nitrogens with zero attached hydrogens (tertiary/aromatic N) is 2. The van der Waals surface area contributed by atoms with Gasteiger partial charge in [-0.2, -0.15) is 0 Å². The van der Waals surface area contributed by atoms with Gasteiger partial charge in [-0.15, -0.1) is 6.42 Å². The van der Waals surface area contributed by atoms with Crippen molar-refractivity contribution in [3.8, 4) is 12.3 Å². The molecule has 0 aromatic carbocycles. The molecule has 72 valence electrons. The molecular weight excluding hydrogens is 244 g/mol. The second-order valence-corrected chi connectivity index (χ2v) is 3.46. The van der Waals surface area contributed by atoms with Crippen LogP contribution in [0.5, 0.6) is 0 Å². The zero-order chi connectivity index (χ0) is 10.6. The van der Waals surface area contributed by atoms with Crippen molar-refractivity contribution in [3.05, 3.63) is 28.5 Å². The van der Waals surface area contributed by atoms with Crippen molar-refractivity contribution in [2.75, 3.05) is 13.6 Å². The first kappa shape index (κ1) is 10.7. The van der Waals surface area contributed by atoms with E-state index in [-0.39, 0.29) is 5.91 Å². The average molecular weight is 253 g/mol. The Morgan fingerprint density at radius 3 is 3.07 bits per heavy atom. The summed E-state index contributed by atoms with van der Waals surface area (Å²) in [7, 11) is 1.65. The van der Waals surface area contributed by atoms with Crippen molar-refractivity contribution in [1.82, 2.24) is 9.88 Å². The summed E-state index contributed by atoms with van der Waals surface area (Å²) >= 11 is 3.21. The molecule has 3 nitrogen and oxygen atoms in total. The number of aromatic nitrogens is 1. The molecular formula is C10H9BrN2O. The van der Waals surface area contributed by atoms with Gasteiger partial charge in [0.2, 0.25) is 0 Å². The second kappa shape index (κ2) is 4.77. The fourth-order valence-corrected chi connectivity index (χ4v) is 1.38. The molecule has 0 spiro atoms. The van der Waals surface area contributed by atoms with Crippen LogP contribution < -0.4 is 0 Å². The van der Waals surface area contributed by atoms with Crippen LogP contribution in [-0.2, 0) is 0 Å². The van der Waals surface area contributed by atoms with Gasteiger partial charge >= 0.3 is 0 Å². The Labute approximate surface area is 91.3 Å². The van der Waals surface area contributed by atoms with Crippen LogP contribution in [0.4, 0.5) is 0 Å². The van der Waals surface area contributed by atoms with E-state index < -0.39 is 0 Å². The number of hydrogen-bond acceptors (Lipinski definition) is 2. The Balaban J connectivity index is 2.91. The van der Waals surface area contributed by atoms with Gasteiger partial charge in [0, 0.05) is 13.2 Å². The number of carbonyl (C=O) groups excluding carboxylic acids is 1. The zero-order valence-electron chi connectivity index (χ0n) is 7.70. The van der Waals surface area contributed by atoms with Crippen molar-refractivity contribution in [2.24, 2.45) is 0 Å². The lowest BCUT2D eigenvalue weighted by Gasteiger charge is -2.13. The van der Waals surface area contributed by atoms with Crippen molar-refractivity contribution < 1.29 is 4.79 Å². The van der Waals surface area contributed by atoms with Gasteiger partial charge < -0.3 is 4.90 Å². The number of carbonyl (C=O) groups is 1. The van der Waals surface area contributed by atoms with E-state index in [1.807, 2.05) is 0 Å². The number of rotatable bonds is 2. The number of amides is 1. The first-order valence-electron chi connectivity index (χ1n) is 3.96. The van der Waals surface area contributed by atoms with Gasteiger partial charge in [-0.25, -0.2) is 4.98 Å². The molecule has 0 aliphatic heterocycles. The molecule has 1 aromatic rings. The summed E-state index contributed by atoms with van der Waals surface area (Å²) in [6.45, 7) is 0.292. The SMILES string of the molecule is C#CCN(C)C(=O)c1cccnc1Br. The van der Waals surface area contributed by atoms with Gasteiger partial charge in [0.15, 0.2) is 0 Å². The molecule has 0 bridgehead atoms. The van der Waals surface area contributed by atoms with Crippen molar-refractivity contribution in [3.63, 3.8) is 0 Å². The van der Waals surface area contributed by atoms with Crippen LogP contribution in [-0.4, -0.2) is 29.4 Å². The van der Waals surface area contributed by atoms with Crippen molar-refractivity contribution >= 4 is 21.8 Å². The largest absolute Gasteiger partial charge is 0.330 e. The molecule has 14 heavy (non-hydrogen) atoms. The van der Waals surface area contributed by atoms with Crippen LogP contribution in [0.1, 0.15) is 10.4 Å². The third-order valence-electron chi connectivity index (χ3n) is 1.66. The zero-order valence-corrected chi connectivity index (χ0v) is 9.28. The first-order chi connectivity index (χ1) is 6.66. The third kappa shape index (κ3) is 2.33. The van der Waals surface area contributed by atoms with E-state index >= 15 is 0 Å². The van der Waals surface area contributed by atoms with Gasteiger partial charge in [0.1, 0.15) is 4.60 Å². The minimum atomic E-state index is -0.136. The van der Waals surface area contributed by atoms with Crippen LogP contribution in [0.3, 0.4) is 0 Å². The van der Waals surface area contributed by atoms with Gasteiger partial charge in [-0.1, -0.05) is 5.92 Å². The Morgan fingerprint density at radius 2 is 2.50 bits per heavy atom. The smallest absolute Gasteiger partial charge is 0.257 e. The Morgan fingerprint density at radius 1 is 1.79 bits per heavy atom. The maximum atomic E-state index is 11.7. The van der Waals surface area contributed by atoms with Crippen molar-refractivity contribution in [2.45, 2.75) is 0 Å². The van der Waals surface area contributed by atoms with Crippen LogP contribution in [0, 0.1) is 12.3 Å². The summed E-state index contributed by atoms with van der Waals surface area (Å²) in [6, 6.07) is 3.41. The minimum absolute atomic E-state index is 0.136. The maximum absolute atomic E-state index is 11.7. The van der Waals surface area contributed by atoms with Crippen molar-refractivity contribution in [1.29, 1.82) is 0 Å². The van der Waals surface area contributed by atoms with E-state index in [0.717, 1.165) is 0 Å². The molecule has 1 aromatic heterocycles. The number of terminal acetylenes is 1. The van der Waals surface area contributed by atoms with Crippen LogP contribution in [0.25, 0.3) is 0 Å². The Kier molecular flexibility index (Phi) is 3.66. The van der Waals surface area contributed by atoms with Gasteiger partial charge in [0.25, 0.3) is 5.91 Å². The average Bonchev–Trinajstić information content (AvgIpc) is 2.18. The molecule has 1 amide bonds. The molecule has 0 saturated heterocycles. The number of pyridine rings is 1. The highest BCUT2D eigenvalue weighted by atomic mass is 79.9. The predicted molar refractivity (Wildman–Crippen MR) is 57.7 cm³/mol. The fourth-order valence-electron chi connectivity index (χ4n) is 0.960. The van der Waals surface area contributed by atoms with Crippen LogP contribution >= 0.6 is 15.9 Å². The topological polar surface area (TPSA) is 33.2 Å². The minimum Gasteiger partial charge on any atom is -0.330 e. The van der Waals surface area contributed by atoms with E-state index in [1.54, 1.807) is 25.4 Å². The molecule has 0 atom stereocenters. The summed E-state index contributed by atoms with van der Waals surface area (Å²) < 4.78 is 0.536. The Hall–Kier alpha value is -1.34. The number of halogens is 1. The van der Waals surface area contributed by atoms with Gasteiger partial charge in [0.05, 0.1) is 12.1 Å². The summed E-state index contributed by atoms with van der Waals surface area (Å²) in [5.74, 6) is 2.27. The van der Waals surface area contributed by atoms with Crippen LogP contribution in [0.2, 0.25) is 0 Å². The van der Waals surface area contributed by atoms with E-state index in [9.17, 15) is 4.79 Å². The lowest BCUT2D eigenvalue weighted by Crippen LogP contribution is -2.27. The monoisotopic (exact) mass is 252 g/mol. The Bertz CT molecular complexity index is 384. The normalized spacial score (nSPS) is 9.21. The van der Waals surface area contributed by atoms with Gasteiger partial charge in [-0.05, 0) is 28.1 Å². The second-order valence-electron chi connectivity index (χ2n) is 2.71. The lowest BCUT2D eigenvalue weighted by molar-refractivity contribution is 0.0811. The molecule has 4 heteroatoms. The quantitative estimate of drug-likeness (QED) is 0.591. The van der Waals surface area contributed by atoms with Gasteiger partial charge in [-0.3, -0.25) is 4.79 Å². The summed E-state index contributed by atoms with van der Waals surface area (Å²) in [5, 5.41) is 0. The third-order valence-corrected chi connectivity index (χ3v) is 2.30. The lowest BCUT2D eigenvalue weighted by atomic mass is 10.2. The highest BCUT2D eigenvalue weighted by Crippen LogP contribution is 2.13. The van der Waals surface area contributed by atoms with E-state index in [4.69, 9.17) is 6.42 Å².